The van der Waals surface area contributed by atoms with Crippen LogP contribution in [-0.2, 0) is 9.53 Å². The third-order valence-corrected chi connectivity index (χ3v) is 4.83. The Morgan fingerprint density at radius 2 is 1.92 bits per heavy atom. The highest BCUT2D eigenvalue weighted by atomic mass is 16.5. The Hall–Kier alpha value is -2.61. The largest absolute Gasteiger partial charge is 0.462 e. The number of urea groups is 1. The molecule has 0 radical (unpaired) electrons. The number of benzene rings is 1. The first-order valence-electron chi connectivity index (χ1n) is 8.82. The number of fused-ring (bicyclic) bond motifs is 1. The van der Waals surface area contributed by atoms with Gasteiger partial charge in [0.2, 0.25) is 5.91 Å². The van der Waals surface area contributed by atoms with E-state index >= 15 is 0 Å². The first-order valence-corrected chi connectivity index (χ1v) is 8.82. The fraction of sp³-hybridized carbons (Fsp3) is 0.500. The maximum Gasteiger partial charge on any atom is 0.340 e. The van der Waals surface area contributed by atoms with Crippen LogP contribution in [0.1, 0.15) is 17.3 Å². The summed E-state index contributed by atoms with van der Waals surface area (Å²) >= 11 is 0. The summed E-state index contributed by atoms with van der Waals surface area (Å²) in [5, 5.41) is 2.78. The molecule has 2 fully saturated rings. The SMILES string of the molecule is CCOC(=O)c1ccccc1NC(=O)N1CCN2CCN(C)C(=O)C2C1. The number of hydrogen-bond donors (Lipinski definition) is 1. The lowest BCUT2D eigenvalue weighted by atomic mass is 10.1. The van der Waals surface area contributed by atoms with Gasteiger partial charge in [-0.15, -0.1) is 0 Å². The molecular weight excluding hydrogens is 336 g/mol. The molecule has 2 aliphatic heterocycles. The van der Waals surface area contributed by atoms with E-state index in [2.05, 4.69) is 10.2 Å². The van der Waals surface area contributed by atoms with E-state index in [1.165, 1.54) is 0 Å². The van der Waals surface area contributed by atoms with Gasteiger partial charge in [0.05, 0.1) is 17.9 Å². The monoisotopic (exact) mass is 360 g/mol. The predicted molar refractivity (Wildman–Crippen MR) is 96.0 cm³/mol. The maximum absolute atomic E-state index is 12.7. The molecular formula is C18H24N4O4. The average molecular weight is 360 g/mol. The molecule has 2 aliphatic rings. The fourth-order valence-electron chi connectivity index (χ4n) is 3.32. The van der Waals surface area contributed by atoms with Gasteiger partial charge in [-0.1, -0.05) is 12.1 Å². The van der Waals surface area contributed by atoms with E-state index in [0.29, 0.717) is 37.4 Å². The van der Waals surface area contributed by atoms with E-state index in [9.17, 15) is 14.4 Å². The highest BCUT2D eigenvalue weighted by Crippen LogP contribution is 2.20. The van der Waals surface area contributed by atoms with Crippen LogP contribution in [0.25, 0.3) is 0 Å². The van der Waals surface area contributed by atoms with Crippen LogP contribution in [0.15, 0.2) is 24.3 Å². The number of nitrogens with zero attached hydrogens (tertiary/aromatic N) is 3. The number of nitrogens with one attached hydrogen (secondary N) is 1. The van der Waals surface area contributed by atoms with Gasteiger partial charge in [0.25, 0.3) is 0 Å². The number of carbonyl (C=O) groups excluding carboxylic acids is 3. The Bertz CT molecular complexity index is 708. The minimum atomic E-state index is -0.475. The van der Waals surface area contributed by atoms with Crippen molar-refractivity contribution >= 4 is 23.6 Å². The van der Waals surface area contributed by atoms with Crippen molar-refractivity contribution in [3.63, 3.8) is 0 Å². The summed E-state index contributed by atoms with van der Waals surface area (Å²) in [6, 6.07) is 6.13. The second-order valence-corrected chi connectivity index (χ2v) is 6.45. The molecule has 0 bridgehead atoms. The molecule has 1 N–H and O–H groups in total. The second-order valence-electron chi connectivity index (χ2n) is 6.45. The zero-order valence-electron chi connectivity index (χ0n) is 15.1. The molecule has 26 heavy (non-hydrogen) atoms. The van der Waals surface area contributed by atoms with Gasteiger partial charge in [-0.25, -0.2) is 9.59 Å². The number of piperazine rings is 2. The third kappa shape index (κ3) is 3.65. The molecule has 3 amide bonds. The molecule has 1 aromatic rings. The molecule has 2 heterocycles. The first kappa shape index (κ1) is 18.2. The molecule has 3 rings (SSSR count). The molecule has 0 aliphatic carbocycles. The zero-order chi connectivity index (χ0) is 18.7. The molecule has 0 aromatic heterocycles. The number of ether oxygens (including phenoxy) is 1. The van der Waals surface area contributed by atoms with E-state index in [4.69, 9.17) is 4.74 Å². The van der Waals surface area contributed by atoms with Gasteiger partial charge in [-0.3, -0.25) is 9.69 Å². The molecule has 0 saturated carbocycles. The fourth-order valence-corrected chi connectivity index (χ4v) is 3.32. The lowest BCUT2D eigenvalue weighted by molar-refractivity contribution is -0.142. The van der Waals surface area contributed by atoms with Gasteiger partial charge < -0.3 is 19.9 Å². The lowest BCUT2D eigenvalue weighted by Gasteiger charge is -2.45. The van der Waals surface area contributed by atoms with Crippen LogP contribution in [0.3, 0.4) is 0 Å². The highest BCUT2D eigenvalue weighted by Gasteiger charge is 2.38. The van der Waals surface area contributed by atoms with Crippen LogP contribution in [-0.4, -0.2) is 85.0 Å². The van der Waals surface area contributed by atoms with E-state index < -0.39 is 5.97 Å². The number of likely N-dealkylation sites (N-methyl/N-ethyl adjacent to an activating group) is 1. The van der Waals surface area contributed by atoms with Gasteiger partial charge in [-0.2, -0.15) is 0 Å². The van der Waals surface area contributed by atoms with Gasteiger partial charge in [0, 0.05) is 39.8 Å². The van der Waals surface area contributed by atoms with Crippen LogP contribution < -0.4 is 5.32 Å². The Morgan fingerprint density at radius 1 is 1.19 bits per heavy atom. The molecule has 8 heteroatoms. The predicted octanol–water partition coefficient (Wildman–Crippen LogP) is 0.853. The third-order valence-electron chi connectivity index (χ3n) is 4.83. The molecule has 0 spiro atoms. The van der Waals surface area contributed by atoms with Crippen LogP contribution in [0.5, 0.6) is 0 Å². The Labute approximate surface area is 152 Å². The number of esters is 1. The van der Waals surface area contributed by atoms with Crippen molar-refractivity contribution in [3.8, 4) is 0 Å². The summed E-state index contributed by atoms with van der Waals surface area (Å²) in [5.41, 5.74) is 0.722. The minimum absolute atomic E-state index is 0.0423. The van der Waals surface area contributed by atoms with Crippen LogP contribution >= 0.6 is 0 Å². The van der Waals surface area contributed by atoms with E-state index in [1.807, 2.05) is 0 Å². The quantitative estimate of drug-likeness (QED) is 0.809. The molecule has 1 atom stereocenters. The number of anilines is 1. The van der Waals surface area contributed by atoms with E-state index in [1.54, 1.807) is 48.0 Å². The Kier molecular flexibility index (Phi) is 5.41. The highest BCUT2D eigenvalue weighted by molar-refractivity contribution is 6.01. The number of carbonyl (C=O) groups is 3. The normalized spacial score (nSPS) is 20.5. The Balaban J connectivity index is 1.69. The summed E-state index contributed by atoms with van der Waals surface area (Å²) in [5.74, 6) is -0.432. The van der Waals surface area contributed by atoms with Crippen molar-refractivity contribution in [2.75, 3.05) is 51.7 Å². The number of hydrogen-bond acceptors (Lipinski definition) is 5. The lowest BCUT2D eigenvalue weighted by Crippen LogP contribution is -2.65. The smallest absolute Gasteiger partial charge is 0.340 e. The Morgan fingerprint density at radius 3 is 2.69 bits per heavy atom. The minimum Gasteiger partial charge on any atom is -0.462 e. The topological polar surface area (TPSA) is 82.2 Å². The van der Waals surface area contributed by atoms with Gasteiger partial charge >= 0.3 is 12.0 Å². The number of amides is 3. The first-order chi connectivity index (χ1) is 12.5. The second kappa shape index (κ2) is 7.74. The van der Waals surface area contributed by atoms with E-state index in [-0.39, 0.29) is 24.6 Å². The van der Waals surface area contributed by atoms with Gasteiger partial charge in [0.1, 0.15) is 6.04 Å². The van der Waals surface area contributed by atoms with Crippen molar-refractivity contribution in [3.05, 3.63) is 29.8 Å². The number of para-hydroxylation sites is 1. The van der Waals surface area contributed by atoms with Crippen molar-refractivity contribution in [1.29, 1.82) is 0 Å². The maximum atomic E-state index is 12.7. The van der Waals surface area contributed by atoms with Crippen LogP contribution in [0.4, 0.5) is 10.5 Å². The van der Waals surface area contributed by atoms with Crippen molar-refractivity contribution in [2.45, 2.75) is 13.0 Å². The van der Waals surface area contributed by atoms with Crippen molar-refractivity contribution in [1.82, 2.24) is 14.7 Å². The average Bonchev–Trinajstić information content (AvgIpc) is 2.65. The molecule has 140 valence electrons. The standard InChI is InChI=1S/C18H24N4O4/c1-3-26-17(24)13-6-4-5-7-14(13)19-18(25)22-11-10-21-9-8-20(2)16(23)15(21)12-22/h4-7,15H,3,8-12H2,1-2H3,(H,19,25). The van der Waals surface area contributed by atoms with Crippen molar-refractivity contribution in [2.24, 2.45) is 0 Å². The van der Waals surface area contributed by atoms with E-state index in [0.717, 1.165) is 6.54 Å². The number of rotatable bonds is 3. The van der Waals surface area contributed by atoms with Crippen molar-refractivity contribution < 1.29 is 19.1 Å². The van der Waals surface area contributed by atoms with Crippen LogP contribution in [0, 0.1) is 0 Å². The van der Waals surface area contributed by atoms with Gasteiger partial charge in [0.15, 0.2) is 0 Å². The molecule has 1 aromatic carbocycles. The summed E-state index contributed by atoms with van der Waals surface area (Å²) in [6.45, 7) is 5.09. The molecule has 1 unspecified atom stereocenters. The molecule has 2 saturated heterocycles. The van der Waals surface area contributed by atoms with Gasteiger partial charge in [-0.05, 0) is 19.1 Å². The summed E-state index contributed by atoms with van der Waals surface area (Å²) < 4.78 is 5.03. The zero-order valence-corrected chi connectivity index (χ0v) is 15.1. The summed E-state index contributed by atoms with van der Waals surface area (Å²) in [6.07, 6.45) is 0. The van der Waals surface area contributed by atoms with Crippen LogP contribution in [0.2, 0.25) is 0 Å². The summed E-state index contributed by atoms with van der Waals surface area (Å²) in [4.78, 5) is 42.6. The summed E-state index contributed by atoms with van der Waals surface area (Å²) in [7, 11) is 1.79. The molecule has 8 nitrogen and oxygen atoms in total.